The van der Waals surface area contributed by atoms with Crippen LogP contribution in [0.25, 0.3) is 0 Å². The molecule has 0 saturated carbocycles. The fourth-order valence-electron chi connectivity index (χ4n) is 5.02. The standard InChI is InChI=1S/C32H36N2O6/c1-23(31(36)33-22-35)20-34(2)30-19-18-29(40-30)21-39-32(24-8-6-5-7-9-24,25-10-14-27(37-3)15-11-25)26-12-16-28(38-4)17-13-26/h5-17,20,22,29-30H,18-19,21H2,1-4H3,(H,33,35,36)/b23-20-. The van der Waals surface area contributed by atoms with Gasteiger partial charge >= 0.3 is 0 Å². The molecule has 0 bridgehead atoms. The molecule has 1 fully saturated rings. The van der Waals surface area contributed by atoms with Crippen molar-refractivity contribution in [3.8, 4) is 11.5 Å². The topological polar surface area (TPSA) is 86.3 Å². The van der Waals surface area contributed by atoms with Crippen LogP contribution in [0.2, 0.25) is 0 Å². The third-order valence-electron chi connectivity index (χ3n) is 7.14. The Hall–Kier alpha value is -4.14. The number of carbonyl (C=O) groups excluding carboxylic acids is 2. The van der Waals surface area contributed by atoms with E-state index in [0.717, 1.165) is 41.0 Å². The zero-order valence-corrected chi connectivity index (χ0v) is 23.3. The second kappa shape index (κ2) is 13.3. The van der Waals surface area contributed by atoms with Crippen molar-refractivity contribution in [2.75, 3.05) is 27.9 Å². The van der Waals surface area contributed by atoms with Crippen LogP contribution in [0.1, 0.15) is 36.5 Å². The number of rotatable bonds is 12. The molecule has 1 saturated heterocycles. The largest absolute Gasteiger partial charge is 0.497 e. The van der Waals surface area contributed by atoms with E-state index < -0.39 is 11.5 Å². The lowest BCUT2D eigenvalue weighted by Gasteiger charge is -2.37. The van der Waals surface area contributed by atoms with Gasteiger partial charge in [-0.05, 0) is 60.7 Å². The van der Waals surface area contributed by atoms with Crippen molar-refractivity contribution < 1.29 is 28.5 Å². The molecule has 4 rings (SSSR count). The molecule has 0 aromatic heterocycles. The number of methoxy groups -OCH3 is 2. The van der Waals surface area contributed by atoms with Gasteiger partial charge in [0.25, 0.3) is 5.91 Å². The van der Waals surface area contributed by atoms with Gasteiger partial charge in [0, 0.05) is 18.8 Å². The summed E-state index contributed by atoms with van der Waals surface area (Å²) in [5.41, 5.74) is 2.39. The maximum atomic E-state index is 11.9. The Morgan fingerprint density at radius 2 is 1.48 bits per heavy atom. The molecule has 8 nitrogen and oxygen atoms in total. The van der Waals surface area contributed by atoms with Crippen LogP contribution in [0.5, 0.6) is 11.5 Å². The lowest BCUT2D eigenvalue weighted by molar-refractivity contribution is -0.122. The summed E-state index contributed by atoms with van der Waals surface area (Å²) in [4.78, 5) is 24.4. The molecular weight excluding hydrogens is 508 g/mol. The van der Waals surface area contributed by atoms with Crippen LogP contribution in [-0.2, 0) is 24.7 Å². The van der Waals surface area contributed by atoms with Gasteiger partial charge in [0.15, 0.2) is 0 Å². The molecule has 1 aliphatic heterocycles. The summed E-state index contributed by atoms with van der Waals surface area (Å²) < 4.78 is 24.2. The summed E-state index contributed by atoms with van der Waals surface area (Å²) >= 11 is 0. The van der Waals surface area contributed by atoms with Gasteiger partial charge in [0.2, 0.25) is 6.41 Å². The lowest BCUT2D eigenvalue weighted by atomic mass is 9.80. The summed E-state index contributed by atoms with van der Waals surface area (Å²) in [5.74, 6) is 1.08. The fraction of sp³-hybridized carbons (Fsp3) is 0.312. The fourth-order valence-corrected chi connectivity index (χ4v) is 5.02. The smallest absolute Gasteiger partial charge is 0.254 e. The maximum absolute atomic E-state index is 11.9. The molecule has 2 unspecified atom stereocenters. The highest BCUT2D eigenvalue weighted by Gasteiger charge is 2.39. The van der Waals surface area contributed by atoms with E-state index in [1.807, 2.05) is 78.7 Å². The average molecular weight is 545 g/mol. The number of nitrogens with one attached hydrogen (secondary N) is 1. The van der Waals surface area contributed by atoms with Crippen molar-refractivity contribution in [1.29, 1.82) is 0 Å². The highest BCUT2D eigenvalue weighted by molar-refractivity contribution is 5.98. The van der Waals surface area contributed by atoms with Crippen LogP contribution < -0.4 is 14.8 Å². The van der Waals surface area contributed by atoms with E-state index in [4.69, 9.17) is 18.9 Å². The van der Waals surface area contributed by atoms with Gasteiger partial charge in [-0.25, -0.2) is 0 Å². The molecule has 0 spiro atoms. The van der Waals surface area contributed by atoms with Gasteiger partial charge in [-0.15, -0.1) is 0 Å². The van der Waals surface area contributed by atoms with Crippen molar-refractivity contribution in [1.82, 2.24) is 10.2 Å². The van der Waals surface area contributed by atoms with Crippen molar-refractivity contribution in [3.05, 3.63) is 107 Å². The second-order valence-electron chi connectivity index (χ2n) is 9.67. The van der Waals surface area contributed by atoms with E-state index in [2.05, 4.69) is 17.4 Å². The molecule has 2 atom stereocenters. The van der Waals surface area contributed by atoms with Crippen molar-refractivity contribution >= 4 is 12.3 Å². The minimum absolute atomic E-state index is 0.162. The average Bonchev–Trinajstić information content (AvgIpc) is 3.48. The summed E-state index contributed by atoms with van der Waals surface area (Å²) in [6.07, 6.45) is 3.25. The van der Waals surface area contributed by atoms with E-state index in [-0.39, 0.29) is 12.3 Å². The number of hydrogen-bond acceptors (Lipinski definition) is 7. The SMILES string of the molecule is COc1ccc(C(OCC2CCC(N(C)/C=C(/C)C(=O)NC=O)O2)(c2ccccc2)c2ccc(OC)cc2)cc1. The zero-order valence-electron chi connectivity index (χ0n) is 23.3. The number of nitrogens with zero attached hydrogens (tertiary/aromatic N) is 1. The molecule has 1 heterocycles. The molecule has 210 valence electrons. The zero-order chi connectivity index (χ0) is 28.5. The van der Waals surface area contributed by atoms with Crippen LogP contribution in [-0.4, -0.2) is 57.4 Å². The van der Waals surface area contributed by atoms with Crippen LogP contribution >= 0.6 is 0 Å². The normalized spacial score (nSPS) is 17.2. The van der Waals surface area contributed by atoms with Crippen molar-refractivity contribution in [2.45, 2.75) is 37.7 Å². The van der Waals surface area contributed by atoms with Gasteiger partial charge in [0.1, 0.15) is 23.3 Å². The molecule has 3 aromatic carbocycles. The Morgan fingerprint density at radius 1 is 0.925 bits per heavy atom. The number of ether oxygens (including phenoxy) is 4. The van der Waals surface area contributed by atoms with Crippen LogP contribution in [0.3, 0.4) is 0 Å². The Kier molecular flexibility index (Phi) is 9.58. The first kappa shape index (κ1) is 28.9. The van der Waals surface area contributed by atoms with Crippen molar-refractivity contribution in [3.63, 3.8) is 0 Å². The van der Waals surface area contributed by atoms with Crippen LogP contribution in [0.4, 0.5) is 0 Å². The summed E-state index contributed by atoms with van der Waals surface area (Å²) in [5, 5.41) is 2.16. The Labute approximate surface area is 235 Å². The Bertz CT molecular complexity index is 1240. The molecular formula is C32H36N2O6. The first-order valence-electron chi connectivity index (χ1n) is 13.2. The predicted octanol–water partition coefficient (Wildman–Crippen LogP) is 4.63. The van der Waals surface area contributed by atoms with Gasteiger partial charge in [-0.3, -0.25) is 14.9 Å². The highest BCUT2D eigenvalue weighted by Crippen LogP contribution is 2.42. The number of imide groups is 1. The molecule has 40 heavy (non-hydrogen) atoms. The first-order chi connectivity index (χ1) is 19.4. The van der Waals surface area contributed by atoms with Gasteiger partial charge in [-0.1, -0.05) is 54.6 Å². The van der Waals surface area contributed by atoms with Crippen molar-refractivity contribution in [2.24, 2.45) is 0 Å². The highest BCUT2D eigenvalue weighted by atomic mass is 16.6. The third kappa shape index (κ3) is 6.35. The summed E-state index contributed by atoms with van der Waals surface area (Å²) in [6.45, 7) is 1.99. The third-order valence-corrected chi connectivity index (χ3v) is 7.14. The molecule has 1 aliphatic rings. The number of hydrogen-bond donors (Lipinski definition) is 1. The maximum Gasteiger partial charge on any atom is 0.254 e. The Balaban J connectivity index is 1.64. The summed E-state index contributed by atoms with van der Waals surface area (Å²) in [6, 6.07) is 26.0. The van der Waals surface area contributed by atoms with Crippen LogP contribution in [0, 0.1) is 0 Å². The minimum Gasteiger partial charge on any atom is -0.497 e. The number of carbonyl (C=O) groups is 2. The second-order valence-corrected chi connectivity index (χ2v) is 9.67. The quantitative estimate of drug-likeness (QED) is 0.202. The molecule has 1 N–H and O–H groups in total. The van der Waals surface area contributed by atoms with Gasteiger partial charge in [-0.2, -0.15) is 0 Å². The monoisotopic (exact) mass is 544 g/mol. The molecule has 0 aliphatic carbocycles. The van der Waals surface area contributed by atoms with E-state index in [1.54, 1.807) is 27.3 Å². The van der Waals surface area contributed by atoms with E-state index in [0.29, 0.717) is 18.6 Å². The Morgan fingerprint density at radius 3 is 2.00 bits per heavy atom. The van der Waals surface area contributed by atoms with E-state index >= 15 is 0 Å². The molecule has 8 heteroatoms. The number of benzene rings is 3. The predicted molar refractivity (Wildman–Crippen MR) is 152 cm³/mol. The molecule has 2 amide bonds. The molecule has 3 aromatic rings. The first-order valence-corrected chi connectivity index (χ1v) is 13.2. The van der Waals surface area contributed by atoms with Gasteiger partial charge < -0.3 is 23.8 Å². The minimum atomic E-state index is -0.920. The number of amides is 2. The summed E-state index contributed by atoms with van der Waals surface area (Å²) in [7, 11) is 5.15. The van der Waals surface area contributed by atoms with Gasteiger partial charge in [0.05, 0.1) is 26.9 Å². The van der Waals surface area contributed by atoms with Crippen LogP contribution in [0.15, 0.2) is 90.6 Å². The molecule has 0 radical (unpaired) electrons. The lowest BCUT2D eigenvalue weighted by Crippen LogP contribution is -2.36. The van der Waals surface area contributed by atoms with E-state index in [1.165, 1.54) is 0 Å². The van der Waals surface area contributed by atoms with E-state index in [9.17, 15) is 9.59 Å².